The number of rotatable bonds is 3. The molecule has 2 N–H and O–H groups in total. The van der Waals surface area contributed by atoms with Crippen molar-refractivity contribution in [2.45, 2.75) is 26.3 Å². The predicted molar refractivity (Wildman–Crippen MR) is 90.3 cm³/mol. The van der Waals surface area contributed by atoms with E-state index in [4.69, 9.17) is 5.73 Å². The molecule has 1 aliphatic heterocycles. The van der Waals surface area contributed by atoms with Crippen LogP contribution in [0.4, 0.5) is 0 Å². The van der Waals surface area contributed by atoms with Crippen LogP contribution in [0.15, 0.2) is 42.5 Å². The lowest BCUT2D eigenvalue weighted by Gasteiger charge is -2.40. The van der Waals surface area contributed by atoms with Crippen LogP contribution in [0.25, 0.3) is 10.8 Å². The molecule has 1 heterocycles. The van der Waals surface area contributed by atoms with Crippen LogP contribution >= 0.6 is 0 Å². The number of nitrogens with two attached hydrogens (primary N) is 1. The molecule has 0 bridgehead atoms. The van der Waals surface area contributed by atoms with E-state index >= 15 is 0 Å². The third-order valence-electron chi connectivity index (χ3n) is 4.74. The Kier molecular flexibility index (Phi) is 4.27. The summed E-state index contributed by atoms with van der Waals surface area (Å²) >= 11 is 0. The summed E-state index contributed by atoms with van der Waals surface area (Å²) in [5.41, 5.74) is 7.56. The first kappa shape index (κ1) is 14.6. The van der Waals surface area contributed by atoms with Gasteiger partial charge in [-0.1, -0.05) is 56.3 Å². The third-order valence-corrected chi connectivity index (χ3v) is 4.74. The zero-order valence-electron chi connectivity index (χ0n) is 13.1. The average Bonchev–Trinajstić information content (AvgIpc) is 2.47. The second kappa shape index (κ2) is 6.17. The molecule has 3 unspecified atom stereocenters. The summed E-state index contributed by atoms with van der Waals surface area (Å²) in [6.07, 6.45) is 1.34. The Balaban J connectivity index is 1.98. The second-order valence-electron chi connectivity index (χ2n) is 6.72. The highest BCUT2D eigenvalue weighted by Gasteiger charge is 2.28. The van der Waals surface area contributed by atoms with Gasteiger partial charge in [-0.05, 0) is 34.6 Å². The molecule has 1 saturated heterocycles. The highest BCUT2D eigenvalue weighted by molar-refractivity contribution is 5.86. The van der Waals surface area contributed by atoms with Gasteiger partial charge >= 0.3 is 0 Å². The lowest BCUT2D eigenvalue weighted by Crippen LogP contribution is -2.43. The topological polar surface area (TPSA) is 29.3 Å². The highest BCUT2D eigenvalue weighted by Crippen LogP contribution is 2.32. The van der Waals surface area contributed by atoms with Crippen molar-refractivity contribution in [3.05, 3.63) is 48.0 Å². The molecule has 0 spiro atoms. The van der Waals surface area contributed by atoms with Crippen molar-refractivity contribution in [1.82, 2.24) is 4.90 Å². The van der Waals surface area contributed by atoms with Crippen LogP contribution in [-0.4, -0.2) is 24.5 Å². The van der Waals surface area contributed by atoms with E-state index in [0.717, 1.165) is 24.9 Å². The summed E-state index contributed by atoms with van der Waals surface area (Å²) in [4.78, 5) is 2.60. The highest BCUT2D eigenvalue weighted by atomic mass is 15.2. The van der Waals surface area contributed by atoms with Gasteiger partial charge in [-0.2, -0.15) is 0 Å². The van der Waals surface area contributed by atoms with Crippen LogP contribution < -0.4 is 5.73 Å². The minimum Gasteiger partial charge on any atom is -0.329 e. The van der Waals surface area contributed by atoms with Gasteiger partial charge in [0.25, 0.3) is 0 Å². The molecular formula is C19H26N2. The maximum Gasteiger partial charge on any atom is 0.0476 e. The Hall–Kier alpha value is -1.38. The van der Waals surface area contributed by atoms with Crippen molar-refractivity contribution in [2.75, 3.05) is 19.6 Å². The summed E-state index contributed by atoms with van der Waals surface area (Å²) in [5.74, 6) is 1.52. The molecule has 0 aliphatic carbocycles. The van der Waals surface area contributed by atoms with Crippen molar-refractivity contribution in [3.63, 3.8) is 0 Å². The Morgan fingerprint density at radius 3 is 2.43 bits per heavy atom. The molecular weight excluding hydrogens is 256 g/mol. The summed E-state index contributed by atoms with van der Waals surface area (Å²) < 4.78 is 0. The minimum absolute atomic E-state index is 0.335. The fraction of sp³-hybridized carbons (Fsp3) is 0.474. The minimum atomic E-state index is 0.335. The molecule has 2 aromatic rings. The summed E-state index contributed by atoms with van der Waals surface area (Å²) in [6.45, 7) is 7.73. The molecule has 1 fully saturated rings. The van der Waals surface area contributed by atoms with E-state index in [-0.39, 0.29) is 0 Å². The van der Waals surface area contributed by atoms with E-state index in [2.05, 4.69) is 61.2 Å². The number of hydrogen-bond donors (Lipinski definition) is 1. The average molecular weight is 282 g/mol. The first-order chi connectivity index (χ1) is 10.2. The molecule has 21 heavy (non-hydrogen) atoms. The van der Waals surface area contributed by atoms with Gasteiger partial charge in [-0.3, -0.25) is 4.90 Å². The number of likely N-dealkylation sites (tertiary alicyclic amines) is 1. The normalized spacial score (nSPS) is 25.1. The molecule has 0 aromatic heterocycles. The monoisotopic (exact) mass is 282 g/mol. The lowest BCUT2D eigenvalue weighted by atomic mass is 9.89. The van der Waals surface area contributed by atoms with Gasteiger partial charge in [0, 0.05) is 25.7 Å². The molecule has 3 rings (SSSR count). The third kappa shape index (κ3) is 2.97. The number of benzene rings is 2. The second-order valence-corrected chi connectivity index (χ2v) is 6.72. The number of fused-ring (bicyclic) bond motifs is 1. The summed E-state index contributed by atoms with van der Waals surface area (Å²) in [5, 5.41) is 2.66. The van der Waals surface area contributed by atoms with Crippen molar-refractivity contribution in [1.29, 1.82) is 0 Å². The van der Waals surface area contributed by atoms with Gasteiger partial charge in [-0.25, -0.2) is 0 Å². The van der Waals surface area contributed by atoms with E-state index < -0.39 is 0 Å². The SMILES string of the molecule is CC1CC(C)CN(C(CN)c2cccc3ccccc23)C1. The van der Waals surface area contributed by atoms with Crippen LogP contribution in [0.1, 0.15) is 31.9 Å². The molecule has 2 aromatic carbocycles. The quantitative estimate of drug-likeness (QED) is 0.927. The van der Waals surface area contributed by atoms with E-state index in [1.807, 2.05) is 0 Å². The van der Waals surface area contributed by atoms with Gasteiger partial charge in [0.15, 0.2) is 0 Å². The summed E-state index contributed by atoms with van der Waals surface area (Å²) in [7, 11) is 0. The van der Waals surface area contributed by atoms with Crippen LogP contribution in [0.5, 0.6) is 0 Å². The van der Waals surface area contributed by atoms with Crippen molar-refractivity contribution in [3.8, 4) is 0 Å². The van der Waals surface area contributed by atoms with E-state index in [1.165, 1.54) is 22.8 Å². The van der Waals surface area contributed by atoms with Gasteiger partial charge < -0.3 is 5.73 Å². The van der Waals surface area contributed by atoms with E-state index in [9.17, 15) is 0 Å². The maximum absolute atomic E-state index is 6.18. The standard InChI is InChI=1S/C19H26N2/c1-14-10-15(2)13-21(12-14)19(11-20)18-9-5-7-16-6-3-4-8-17(16)18/h3-9,14-15,19H,10-13,20H2,1-2H3. The summed E-state index contributed by atoms with van der Waals surface area (Å²) in [6, 6.07) is 15.6. The molecule has 2 heteroatoms. The first-order valence-electron chi connectivity index (χ1n) is 8.10. The fourth-order valence-corrected chi connectivity index (χ4v) is 3.98. The number of nitrogens with zero attached hydrogens (tertiary/aromatic N) is 1. The van der Waals surface area contributed by atoms with Gasteiger partial charge in [0.05, 0.1) is 0 Å². The molecule has 112 valence electrons. The van der Waals surface area contributed by atoms with Crippen LogP contribution in [0, 0.1) is 11.8 Å². The molecule has 0 radical (unpaired) electrons. The molecule has 3 atom stereocenters. The van der Waals surface area contributed by atoms with Crippen LogP contribution in [-0.2, 0) is 0 Å². The Bertz CT molecular complexity index is 592. The first-order valence-corrected chi connectivity index (χ1v) is 8.10. The predicted octanol–water partition coefficient (Wildman–Crippen LogP) is 3.82. The number of hydrogen-bond acceptors (Lipinski definition) is 2. The van der Waals surface area contributed by atoms with Gasteiger partial charge in [-0.15, -0.1) is 0 Å². The molecule has 0 saturated carbocycles. The Morgan fingerprint density at radius 2 is 1.71 bits per heavy atom. The maximum atomic E-state index is 6.18. The zero-order chi connectivity index (χ0) is 14.8. The van der Waals surface area contributed by atoms with Crippen LogP contribution in [0.3, 0.4) is 0 Å². The van der Waals surface area contributed by atoms with Crippen molar-refractivity contribution in [2.24, 2.45) is 17.6 Å². The van der Waals surface area contributed by atoms with Gasteiger partial charge in [0.1, 0.15) is 0 Å². The number of piperidine rings is 1. The molecule has 0 amide bonds. The fourth-order valence-electron chi connectivity index (χ4n) is 3.98. The zero-order valence-corrected chi connectivity index (χ0v) is 13.1. The Labute approximate surface area is 127 Å². The van der Waals surface area contributed by atoms with E-state index in [1.54, 1.807) is 0 Å². The smallest absolute Gasteiger partial charge is 0.0476 e. The van der Waals surface area contributed by atoms with E-state index in [0.29, 0.717) is 12.6 Å². The van der Waals surface area contributed by atoms with Crippen LogP contribution in [0.2, 0.25) is 0 Å². The molecule has 1 aliphatic rings. The lowest BCUT2D eigenvalue weighted by molar-refractivity contribution is 0.0990. The molecule has 2 nitrogen and oxygen atoms in total. The van der Waals surface area contributed by atoms with Crippen molar-refractivity contribution < 1.29 is 0 Å². The largest absolute Gasteiger partial charge is 0.329 e. The van der Waals surface area contributed by atoms with Gasteiger partial charge in [0.2, 0.25) is 0 Å². The van der Waals surface area contributed by atoms with Crippen molar-refractivity contribution >= 4 is 10.8 Å². The Morgan fingerprint density at radius 1 is 1.05 bits per heavy atom.